The molecule has 1 aliphatic heterocycles. The molecule has 0 aliphatic carbocycles. The number of rotatable bonds is 5. The summed E-state index contributed by atoms with van der Waals surface area (Å²) >= 11 is 0. The number of carbonyl (C=O) groups is 1. The minimum absolute atomic E-state index is 0.225. The molecule has 1 aromatic carbocycles. The molecule has 0 saturated heterocycles. The summed E-state index contributed by atoms with van der Waals surface area (Å²) in [5, 5.41) is 23.0. The highest BCUT2D eigenvalue weighted by atomic mass is 16.5. The van der Waals surface area contributed by atoms with E-state index in [1.54, 1.807) is 25.3 Å². The number of hydrogen-bond donors (Lipinski definition) is 3. The van der Waals surface area contributed by atoms with Crippen LogP contribution >= 0.6 is 0 Å². The molecule has 2 unspecified atom stereocenters. The van der Waals surface area contributed by atoms with E-state index in [1.165, 1.54) is 11.1 Å². The van der Waals surface area contributed by atoms with Crippen molar-refractivity contribution < 1.29 is 19.7 Å². The monoisotopic (exact) mass is 319 g/mol. The molecule has 0 radical (unpaired) electrons. The Hall–Kier alpha value is -1.85. The molecule has 3 N–H and O–H groups in total. The quantitative estimate of drug-likeness (QED) is 0.726. The molecule has 1 aromatic rings. The van der Waals surface area contributed by atoms with Gasteiger partial charge in [-0.1, -0.05) is 11.1 Å². The summed E-state index contributed by atoms with van der Waals surface area (Å²) in [6.45, 7) is 6.23. The van der Waals surface area contributed by atoms with E-state index in [-0.39, 0.29) is 5.56 Å². The van der Waals surface area contributed by atoms with Crippen molar-refractivity contribution in [3.8, 4) is 0 Å². The molecule has 23 heavy (non-hydrogen) atoms. The average molecular weight is 319 g/mol. The van der Waals surface area contributed by atoms with Crippen LogP contribution in [-0.2, 0) is 11.2 Å². The number of fused-ring (bicyclic) bond motifs is 1. The first kappa shape index (κ1) is 17.5. The van der Waals surface area contributed by atoms with E-state index in [0.717, 1.165) is 17.7 Å². The van der Waals surface area contributed by atoms with Crippen molar-refractivity contribution in [3.05, 3.63) is 40.5 Å². The Morgan fingerprint density at radius 1 is 1.39 bits per heavy atom. The average Bonchev–Trinajstić information content (AvgIpc) is 2.51. The predicted octanol–water partition coefficient (Wildman–Crippen LogP) is 3.19. The SMILES string of the molecule is COC1(CCC(C)=C(C)C)Nc2ccc(C(=O)O)cc2CC1O. The van der Waals surface area contributed by atoms with Crippen molar-refractivity contribution in [2.45, 2.75) is 51.9 Å². The first-order valence-electron chi connectivity index (χ1n) is 7.79. The lowest BCUT2D eigenvalue weighted by molar-refractivity contribution is -0.0905. The van der Waals surface area contributed by atoms with E-state index in [0.29, 0.717) is 12.8 Å². The van der Waals surface area contributed by atoms with Crippen LogP contribution in [0.5, 0.6) is 0 Å². The van der Waals surface area contributed by atoms with Crippen LogP contribution in [0.3, 0.4) is 0 Å². The minimum atomic E-state index is -0.968. The molecule has 0 fully saturated rings. The van der Waals surface area contributed by atoms with Gasteiger partial charge in [0.1, 0.15) is 6.10 Å². The number of ether oxygens (including phenoxy) is 1. The number of aliphatic hydroxyl groups is 1. The van der Waals surface area contributed by atoms with Crippen molar-refractivity contribution in [1.82, 2.24) is 0 Å². The number of methoxy groups -OCH3 is 1. The fraction of sp³-hybridized carbons (Fsp3) is 0.500. The molecular formula is C18H25NO4. The van der Waals surface area contributed by atoms with Crippen molar-refractivity contribution in [1.29, 1.82) is 0 Å². The van der Waals surface area contributed by atoms with E-state index in [9.17, 15) is 9.90 Å². The van der Waals surface area contributed by atoms with Crippen LogP contribution in [-0.4, -0.2) is 35.1 Å². The maximum absolute atomic E-state index is 11.1. The molecule has 126 valence electrons. The van der Waals surface area contributed by atoms with Crippen molar-refractivity contribution >= 4 is 11.7 Å². The molecule has 1 heterocycles. The van der Waals surface area contributed by atoms with Gasteiger partial charge >= 0.3 is 5.97 Å². The molecule has 0 aromatic heterocycles. The Morgan fingerprint density at radius 2 is 2.09 bits per heavy atom. The molecule has 1 aliphatic rings. The zero-order valence-corrected chi connectivity index (χ0v) is 14.1. The van der Waals surface area contributed by atoms with Gasteiger partial charge in [-0.05, 0) is 51.0 Å². The third kappa shape index (κ3) is 3.57. The fourth-order valence-electron chi connectivity index (χ4n) is 2.84. The van der Waals surface area contributed by atoms with Gasteiger partial charge in [0.2, 0.25) is 0 Å². The molecule has 0 bridgehead atoms. The van der Waals surface area contributed by atoms with E-state index >= 15 is 0 Å². The van der Waals surface area contributed by atoms with Gasteiger partial charge in [-0.15, -0.1) is 0 Å². The van der Waals surface area contributed by atoms with Crippen molar-refractivity contribution in [3.63, 3.8) is 0 Å². The lowest BCUT2D eigenvalue weighted by atomic mass is 9.87. The number of allylic oxidation sites excluding steroid dienone is 2. The lowest BCUT2D eigenvalue weighted by Gasteiger charge is -2.43. The summed E-state index contributed by atoms with van der Waals surface area (Å²) in [6.07, 6.45) is 1.09. The number of benzene rings is 1. The highest BCUT2D eigenvalue weighted by Gasteiger charge is 2.41. The fourth-order valence-corrected chi connectivity index (χ4v) is 2.84. The van der Waals surface area contributed by atoms with E-state index in [1.807, 2.05) is 0 Å². The number of carboxylic acids is 1. The Labute approximate surface area is 137 Å². The summed E-state index contributed by atoms with van der Waals surface area (Å²) < 4.78 is 5.66. The van der Waals surface area contributed by atoms with Crippen LogP contribution in [0.25, 0.3) is 0 Å². The maximum Gasteiger partial charge on any atom is 0.335 e. The number of nitrogens with one attached hydrogen (secondary N) is 1. The smallest absolute Gasteiger partial charge is 0.335 e. The van der Waals surface area contributed by atoms with Gasteiger partial charge in [0, 0.05) is 25.6 Å². The van der Waals surface area contributed by atoms with Gasteiger partial charge < -0.3 is 20.3 Å². The summed E-state index contributed by atoms with van der Waals surface area (Å²) in [5.41, 5.74) is 3.54. The number of anilines is 1. The van der Waals surface area contributed by atoms with E-state index < -0.39 is 17.8 Å². The van der Waals surface area contributed by atoms with Crippen LogP contribution in [0.2, 0.25) is 0 Å². The zero-order chi connectivity index (χ0) is 17.2. The molecule has 0 spiro atoms. The lowest BCUT2D eigenvalue weighted by Crippen LogP contribution is -2.54. The van der Waals surface area contributed by atoms with Crippen molar-refractivity contribution in [2.24, 2.45) is 0 Å². The van der Waals surface area contributed by atoms with Gasteiger partial charge in [-0.3, -0.25) is 0 Å². The summed E-state index contributed by atoms with van der Waals surface area (Å²) in [6, 6.07) is 4.91. The second-order valence-electron chi connectivity index (χ2n) is 6.40. The first-order chi connectivity index (χ1) is 10.8. The van der Waals surface area contributed by atoms with Crippen LogP contribution in [0.15, 0.2) is 29.3 Å². The highest BCUT2D eigenvalue weighted by molar-refractivity contribution is 5.88. The number of carboxylic acid groups (broad SMARTS) is 1. The van der Waals surface area contributed by atoms with Gasteiger partial charge in [0.15, 0.2) is 5.72 Å². The van der Waals surface area contributed by atoms with E-state index in [4.69, 9.17) is 9.84 Å². The summed E-state index contributed by atoms with van der Waals surface area (Å²) in [5.74, 6) is -0.968. The number of aliphatic hydroxyl groups excluding tert-OH is 1. The van der Waals surface area contributed by atoms with Crippen molar-refractivity contribution in [2.75, 3.05) is 12.4 Å². The molecule has 2 rings (SSSR count). The predicted molar refractivity (Wildman–Crippen MR) is 89.8 cm³/mol. The largest absolute Gasteiger partial charge is 0.478 e. The van der Waals surface area contributed by atoms with Gasteiger partial charge in [0.25, 0.3) is 0 Å². The molecular weight excluding hydrogens is 294 g/mol. The first-order valence-corrected chi connectivity index (χ1v) is 7.79. The standard InChI is InChI=1S/C18H25NO4/c1-11(2)12(3)7-8-18(23-4)16(20)10-14-9-13(17(21)22)5-6-15(14)19-18/h5-6,9,16,19-20H,7-8,10H2,1-4H3,(H,21,22). The van der Waals surface area contributed by atoms with Gasteiger partial charge in [-0.2, -0.15) is 0 Å². The van der Waals surface area contributed by atoms with Gasteiger partial charge in [-0.25, -0.2) is 4.79 Å². The summed E-state index contributed by atoms with van der Waals surface area (Å²) in [7, 11) is 1.59. The summed E-state index contributed by atoms with van der Waals surface area (Å²) in [4.78, 5) is 11.1. The molecule has 5 nitrogen and oxygen atoms in total. The molecule has 2 atom stereocenters. The highest BCUT2D eigenvalue weighted by Crippen LogP contribution is 2.36. The van der Waals surface area contributed by atoms with Crippen LogP contribution in [0.1, 0.15) is 49.5 Å². The third-order valence-electron chi connectivity index (χ3n) is 4.74. The Kier molecular flexibility index (Phi) is 5.12. The topological polar surface area (TPSA) is 78.8 Å². The second-order valence-corrected chi connectivity index (χ2v) is 6.40. The van der Waals surface area contributed by atoms with Crippen LogP contribution in [0.4, 0.5) is 5.69 Å². The molecule has 0 amide bonds. The Balaban J connectivity index is 2.27. The second kappa shape index (κ2) is 6.72. The third-order valence-corrected chi connectivity index (χ3v) is 4.74. The Morgan fingerprint density at radius 3 is 2.65 bits per heavy atom. The Bertz CT molecular complexity index is 634. The van der Waals surface area contributed by atoms with Crippen LogP contribution < -0.4 is 5.32 Å². The zero-order valence-electron chi connectivity index (χ0n) is 14.1. The normalized spacial score (nSPS) is 22.9. The van der Waals surface area contributed by atoms with Crippen LogP contribution in [0, 0.1) is 0 Å². The number of hydrogen-bond acceptors (Lipinski definition) is 4. The maximum atomic E-state index is 11.1. The minimum Gasteiger partial charge on any atom is -0.478 e. The molecule has 5 heteroatoms. The van der Waals surface area contributed by atoms with Gasteiger partial charge in [0.05, 0.1) is 5.56 Å². The molecule has 0 saturated carbocycles. The number of aromatic carboxylic acids is 1. The van der Waals surface area contributed by atoms with E-state index in [2.05, 4.69) is 26.1 Å².